The van der Waals surface area contributed by atoms with E-state index in [0.717, 1.165) is 57.6 Å². The highest BCUT2D eigenvalue weighted by Crippen LogP contribution is 2.43. The molecule has 0 bridgehead atoms. The summed E-state index contributed by atoms with van der Waals surface area (Å²) in [5, 5.41) is 0. The molecule has 4 heterocycles. The zero-order valence-electron chi connectivity index (χ0n) is 27.8. The second-order valence-corrected chi connectivity index (χ2v) is 12.8. The Bertz CT molecular complexity index is 1770. The molecule has 262 valence electrons. The van der Waals surface area contributed by atoms with Gasteiger partial charge < -0.3 is 24.3 Å². The van der Waals surface area contributed by atoms with Gasteiger partial charge in [-0.25, -0.2) is 24.3 Å². The van der Waals surface area contributed by atoms with Gasteiger partial charge in [0.1, 0.15) is 22.8 Å². The Morgan fingerprint density at radius 3 is 2.45 bits per heavy atom. The van der Waals surface area contributed by atoms with E-state index in [1.54, 1.807) is 32.5 Å². The molecule has 49 heavy (non-hydrogen) atoms. The van der Waals surface area contributed by atoms with Gasteiger partial charge >= 0.3 is 12.1 Å². The first-order valence-electron chi connectivity index (χ1n) is 16.4. The normalized spacial score (nSPS) is 16.5. The number of aromatic nitrogens is 5. The van der Waals surface area contributed by atoms with Crippen LogP contribution in [0, 0.1) is 11.2 Å². The van der Waals surface area contributed by atoms with Crippen LogP contribution >= 0.6 is 0 Å². The van der Waals surface area contributed by atoms with Crippen molar-refractivity contribution in [2.75, 3.05) is 76.4 Å². The van der Waals surface area contributed by atoms with Crippen LogP contribution in [0.5, 0.6) is 0 Å². The molecule has 15 heteroatoms. The monoisotopic (exact) mass is 684 g/mol. The molecular formula is C34H40F4N8O3. The van der Waals surface area contributed by atoms with Crippen LogP contribution in [-0.2, 0) is 20.4 Å². The molecule has 1 aliphatic heterocycles. The number of hydrogen-bond acceptors (Lipinski definition) is 10. The fourth-order valence-electron chi connectivity index (χ4n) is 6.65. The fourth-order valence-corrected chi connectivity index (χ4v) is 6.65. The number of imidazole rings is 1. The van der Waals surface area contributed by atoms with Gasteiger partial charge in [-0.3, -0.25) is 9.69 Å². The molecule has 0 spiro atoms. The van der Waals surface area contributed by atoms with Crippen LogP contribution in [0.4, 0.5) is 29.1 Å². The number of halogens is 4. The predicted octanol–water partition coefficient (Wildman–Crippen LogP) is 5.57. The molecule has 1 saturated heterocycles. The van der Waals surface area contributed by atoms with E-state index in [1.165, 1.54) is 0 Å². The third-order valence-corrected chi connectivity index (χ3v) is 9.32. The Balaban J connectivity index is 1.27. The van der Waals surface area contributed by atoms with E-state index in [-0.39, 0.29) is 28.3 Å². The summed E-state index contributed by atoms with van der Waals surface area (Å²) in [4.78, 5) is 39.9. The Morgan fingerprint density at radius 2 is 1.82 bits per heavy atom. The lowest BCUT2D eigenvalue weighted by Gasteiger charge is -2.44. The largest absolute Gasteiger partial charge is 0.466 e. The Morgan fingerprint density at radius 1 is 1.04 bits per heavy atom. The van der Waals surface area contributed by atoms with Crippen LogP contribution in [0.15, 0.2) is 36.7 Å². The lowest BCUT2D eigenvalue weighted by molar-refractivity contribution is -0.143. The standard InChI is InChI=1S/C34H40F4N8O3/c1-4-49-29(47)6-9-45-10-12-46(13-11-45)28-19-39-26(18-40-28)31-42-30-27(44(2)20-33(21-48-3)7-5-8-33)17-25(41-32(30)43-31)22-14-23(34(36,37)38)16-24(35)15-22/h14-19H,4-13,20-21H2,1-3H3,(H,41,42,43). The van der Waals surface area contributed by atoms with E-state index >= 15 is 0 Å². The summed E-state index contributed by atoms with van der Waals surface area (Å²) in [7, 11) is 3.58. The van der Waals surface area contributed by atoms with Crippen LogP contribution in [0.25, 0.3) is 33.9 Å². The number of piperazine rings is 1. The van der Waals surface area contributed by atoms with Crippen molar-refractivity contribution < 1.29 is 31.8 Å². The molecule has 1 aromatic carbocycles. The van der Waals surface area contributed by atoms with E-state index in [9.17, 15) is 22.4 Å². The maximum absolute atomic E-state index is 14.5. The highest BCUT2D eigenvalue weighted by molar-refractivity contribution is 5.91. The molecule has 0 radical (unpaired) electrons. The average molecular weight is 685 g/mol. The van der Waals surface area contributed by atoms with Gasteiger partial charge in [-0.15, -0.1) is 0 Å². The second kappa shape index (κ2) is 14.2. The van der Waals surface area contributed by atoms with Crippen LogP contribution < -0.4 is 9.80 Å². The number of fused-ring (bicyclic) bond motifs is 1. The molecule has 1 aliphatic carbocycles. The molecule has 1 saturated carbocycles. The zero-order chi connectivity index (χ0) is 34.8. The van der Waals surface area contributed by atoms with Crippen LogP contribution in [0.1, 0.15) is 38.2 Å². The number of benzene rings is 1. The molecule has 4 aromatic rings. The minimum Gasteiger partial charge on any atom is -0.466 e. The smallest absolute Gasteiger partial charge is 0.416 e. The van der Waals surface area contributed by atoms with Crippen molar-refractivity contribution in [1.82, 2.24) is 29.8 Å². The van der Waals surface area contributed by atoms with Gasteiger partial charge in [0.15, 0.2) is 11.5 Å². The molecular weight excluding hydrogens is 644 g/mol. The number of carbonyl (C=O) groups is 1. The zero-order valence-corrected chi connectivity index (χ0v) is 27.8. The van der Waals surface area contributed by atoms with E-state index in [0.29, 0.717) is 67.3 Å². The summed E-state index contributed by atoms with van der Waals surface area (Å²) in [6, 6.07) is 4.09. The van der Waals surface area contributed by atoms with Crippen molar-refractivity contribution in [3.63, 3.8) is 0 Å². The van der Waals surface area contributed by atoms with Gasteiger partial charge in [0.2, 0.25) is 0 Å². The van der Waals surface area contributed by atoms with Crippen LogP contribution in [-0.4, -0.2) is 102 Å². The number of methoxy groups -OCH3 is 1. The van der Waals surface area contributed by atoms with Crippen LogP contribution in [0.2, 0.25) is 0 Å². The van der Waals surface area contributed by atoms with E-state index in [2.05, 4.69) is 34.7 Å². The number of rotatable bonds is 12. The minimum atomic E-state index is -4.72. The van der Waals surface area contributed by atoms with Gasteiger partial charge in [-0.1, -0.05) is 6.42 Å². The number of carbonyl (C=O) groups excluding carboxylic acids is 1. The van der Waals surface area contributed by atoms with E-state index in [4.69, 9.17) is 9.47 Å². The van der Waals surface area contributed by atoms with Crippen LogP contribution in [0.3, 0.4) is 0 Å². The quantitative estimate of drug-likeness (QED) is 0.150. The average Bonchev–Trinajstić information content (AvgIpc) is 3.50. The summed E-state index contributed by atoms with van der Waals surface area (Å²) < 4.78 is 65.8. The first-order chi connectivity index (χ1) is 23.5. The highest BCUT2D eigenvalue weighted by Gasteiger charge is 2.38. The number of anilines is 2. The molecule has 0 atom stereocenters. The third-order valence-electron chi connectivity index (χ3n) is 9.32. The summed E-state index contributed by atoms with van der Waals surface area (Å²) in [5.74, 6) is -0.102. The molecule has 1 N–H and O–H groups in total. The summed E-state index contributed by atoms with van der Waals surface area (Å²) in [6.45, 7) is 7.04. The lowest BCUT2D eigenvalue weighted by atomic mass is 9.69. The predicted molar refractivity (Wildman–Crippen MR) is 177 cm³/mol. The van der Waals surface area contributed by atoms with Gasteiger partial charge in [-0.2, -0.15) is 13.2 Å². The summed E-state index contributed by atoms with van der Waals surface area (Å²) in [5.41, 5.74) is 0.955. The van der Waals surface area contributed by atoms with Crippen molar-refractivity contribution in [3.8, 4) is 22.8 Å². The number of H-pyrrole nitrogens is 1. The van der Waals surface area contributed by atoms with Gasteiger partial charge in [0, 0.05) is 64.4 Å². The van der Waals surface area contributed by atoms with Gasteiger partial charge in [0.05, 0.1) is 49.0 Å². The Labute approximate surface area is 281 Å². The molecule has 11 nitrogen and oxygen atoms in total. The third kappa shape index (κ3) is 7.77. The van der Waals surface area contributed by atoms with Crippen molar-refractivity contribution in [1.29, 1.82) is 0 Å². The Hall–Kier alpha value is -4.37. The number of nitrogens with zero attached hydrogens (tertiary/aromatic N) is 7. The van der Waals surface area contributed by atoms with Crippen molar-refractivity contribution in [2.24, 2.45) is 5.41 Å². The molecule has 0 unspecified atom stereocenters. The van der Waals surface area contributed by atoms with Crippen molar-refractivity contribution in [2.45, 2.75) is 38.8 Å². The van der Waals surface area contributed by atoms with E-state index < -0.39 is 17.6 Å². The maximum Gasteiger partial charge on any atom is 0.416 e. The number of ether oxygens (including phenoxy) is 2. The number of esters is 1. The van der Waals surface area contributed by atoms with Gasteiger partial charge in [0.25, 0.3) is 0 Å². The number of nitrogens with one attached hydrogen (secondary N) is 1. The first kappa shape index (κ1) is 34.5. The SMILES string of the molecule is CCOC(=O)CCN1CCN(c2cnc(-c3nc4nc(-c5cc(F)cc(C(F)(F)F)c5)cc(N(C)CC5(COC)CCC5)c4[nH]3)cn2)CC1. The number of pyridine rings is 1. The topological polar surface area (TPSA) is 113 Å². The fraction of sp³-hybridized carbons (Fsp3) is 0.500. The lowest BCUT2D eigenvalue weighted by Crippen LogP contribution is -2.47. The Kier molecular flexibility index (Phi) is 10.0. The summed E-state index contributed by atoms with van der Waals surface area (Å²) in [6.07, 6.45) is 2.01. The minimum absolute atomic E-state index is 0.00573. The molecule has 2 aliphatic rings. The summed E-state index contributed by atoms with van der Waals surface area (Å²) >= 11 is 0. The van der Waals surface area contributed by atoms with E-state index in [1.807, 2.05) is 11.9 Å². The maximum atomic E-state index is 14.5. The number of alkyl halides is 3. The van der Waals surface area contributed by atoms with Gasteiger partial charge in [-0.05, 0) is 44.0 Å². The molecule has 6 rings (SSSR count). The number of aromatic amines is 1. The molecule has 2 fully saturated rings. The first-order valence-corrected chi connectivity index (χ1v) is 16.4. The van der Waals surface area contributed by atoms with Crippen molar-refractivity contribution >= 4 is 28.6 Å². The molecule has 3 aromatic heterocycles. The number of hydrogen-bond donors (Lipinski definition) is 1. The highest BCUT2D eigenvalue weighted by atomic mass is 19.4. The molecule has 0 amide bonds. The second-order valence-electron chi connectivity index (χ2n) is 12.8. The van der Waals surface area contributed by atoms with Crippen molar-refractivity contribution in [3.05, 3.63) is 48.0 Å².